The minimum absolute atomic E-state index is 0.264. The first kappa shape index (κ1) is 11.5. The summed E-state index contributed by atoms with van der Waals surface area (Å²) in [5, 5.41) is 9.47. The largest absolute Gasteiger partial charge is 0.465 e. The number of nitrogens with two attached hydrogens (primary N) is 1. The van der Waals surface area contributed by atoms with Crippen molar-refractivity contribution < 1.29 is 9.90 Å². The summed E-state index contributed by atoms with van der Waals surface area (Å²) in [4.78, 5) is 13.1. The van der Waals surface area contributed by atoms with Crippen molar-refractivity contribution in [3.8, 4) is 0 Å². The molecule has 96 valence electrons. The number of benzene rings is 1. The fourth-order valence-electron chi connectivity index (χ4n) is 2.92. The van der Waals surface area contributed by atoms with Crippen molar-refractivity contribution in [1.82, 2.24) is 4.90 Å². The molecule has 1 amide bonds. The molecule has 0 aliphatic heterocycles. The molecule has 2 aliphatic carbocycles. The van der Waals surface area contributed by atoms with Crippen molar-refractivity contribution in [3.05, 3.63) is 35.9 Å². The number of carboxylic acid groups (broad SMARTS) is 1. The number of amides is 1. The van der Waals surface area contributed by atoms with Crippen LogP contribution in [0.1, 0.15) is 31.2 Å². The van der Waals surface area contributed by atoms with E-state index < -0.39 is 6.09 Å². The van der Waals surface area contributed by atoms with Crippen molar-refractivity contribution in [2.75, 3.05) is 0 Å². The molecule has 2 saturated carbocycles. The Hall–Kier alpha value is -1.55. The molecule has 1 aromatic carbocycles. The second-order valence-corrected chi connectivity index (χ2v) is 5.54. The first-order valence-corrected chi connectivity index (χ1v) is 6.41. The van der Waals surface area contributed by atoms with Gasteiger partial charge in [-0.15, -0.1) is 0 Å². The average molecular weight is 246 g/mol. The lowest BCUT2D eigenvalue weighted by atomic mass is 10.0. The Morgan fingerprint density at radius 2 is 1.83 bits per heavy atom. The quantitative estimate of drug-likeness (QED) is 0.855. The molecule has 4 heteroatoms. The van der Waals surface area contributed by atoms with Crippen LogP contribution in [0.2, 0.25) is 0 Å². The van der Waals surface area contributed by atoms with Gasteiger partial charge in [0.25, 0.3) is 0 Å². The fraction of sp³-hybridized carbons (Fsp3) is 0.500. The Balaban J connectivity index is 1.84. The third-order valence-corrected chi connectivity index (χ3v) is 4.37. The Bertz CT molecular complexity index is 464. The molecule has 0 bridgehead atoms. The van der Waals surface area contributed by atoms with E-state index in [9.17, 15) is 9.90 Å². The summed E-state index contributed by atoms with van der Waals surface area (Å²) in [5.74, 6) is 0. The van der Waals surface area contributed by atoms with Crippen molar-refractivity contribution >= 4 is 6.09 Å². The molecule has 0 unspecified atom stereocenters. The lowest BCUT2D eigenvalue weighted by molar-refractivity contribution is 0.0983. The van der Waals surface area contributed by atoms with Crippen LogP contribution in [-0.2, 0) is 6.54 Å². The van der Waals surface area contributed by atoms with Gasteiger partial charge in [0.15, 0.2) is 0 Å². The maximum Gasteiger partial charge on any atom is 0.408 e. The first-order valence-electron chi connectivity index (χ1n) is 6.41. The summed E-state index contributed by atoms with van der Waals surface area (Å²) in [6.07, 6.45) is 2.86. The fourth-order valence-corrected chi connectivity index (χ4v) is 2.92. The van der Waals surface area contributed by atoms with E-state index >= 15 is 0 Å². The summed E-state index contributed by atoms with van der Waals surface area (Å²) in [6, 6.07) is 9.73. The van der Waals surface area contributed by atoms with Crippen LogP contribution < -0.4 is 5.73 Å². The van der Waals surface area contributed by atoms with E-state index in [-0.39, 0.29) is 11.1 Å². The normalized spacial score (nSPS) is 22.3. The molecule has 2 aliphatic rings. The van der Waals surface area contributed by atoms with Gasteiger partial charge in [0.1, 0.15) is 0 Å². The van der Waals surface area contributed by atoms with E-state index in [1.807, 2.05) is 30.3 Å². The maximum absolute atomic E-state index is 11.5. The molecular formula is C14H18N2O2. The van der Waals surface area contributed by atoms with Crippen LogP contribution in [0, 0.1) is 0 Å². The number of carbonyl (C=O) groups is 1. The van der Waals surface area contributed by atoms with Crippen LogP contribution >= 0.6 is 0 Å². The molecule has 3 N–H and O–H groups in total. The van der Waals surface area contributed by atoms with Gasteiger partial charge in [-0.25, -0.2) is 4.79 Å². The van der Waals surface area contributed by atoms with E-state index in [0.29, 0.717) is 6.54 Å². The van der Waals surface area contributed by atoms with Gasteiger partial charge < -0.3 is 10.8 Å². The minimum atomic E-state index is -0.854. The molecular weight excluding hydrogens is 228 g/mol. The van der Waals surface area contributed by atoms with Gasteiger partial charge in [0.2, 0.25) is 0 Å². The van der Waals surface area contributed by atoms with Gasteiger partial charge >= 0.3 is 6.09 Å². The van der Waals surface area contributed by atoms with Gasteiger partial charge in [0, 0.05) is 12.1 Å². The molecule has 0 spiro atoms. The van der Waals surface area contributed by atoms with Gasteiger partial charge in [0.05, 0.1) is 5.54 Å². The van der Waals surface area contributed by atoms with Gasteiger partial charge in [-0.1, -0.05) is 30.3 Å². The van der Waals surface area contributed by atoms with Gasteiger partial charge in [-0.2, -0.15) is 0 Å². The van der Waals surface area contributed by atoms with Crippen LogP contribution in [0.15, 0.2) is 30.3 Å². The Kier molecular flexibility index (Phi) is 2.38. The Labute approximate surface area is 106 Å². The molecule has 0 saturated heterocycles. The smallest absolute Gasteiger partial charge is 0.408 e. The number of hydrogen-bond donors (Lipinski definition) is 2. The van der Waals surface area contributed by atoms with Crippen LogP contribution in [0.4, 0.5) is 4.79 Å². The Morgan fingerprint density at radius 3 is 2.28 bits per heavy atom. The SMILES string of the molecule is NC1(C2(N(Cc3ccccc3)C(=O)O)CC2)CC1. The van der Waals surface area contributed by atoms with E-state index in [1.54, 1.807) is 4.90 Å². The van der Waals surface area contributed by atoms with E-state index in [1.165, 1.54) is 0 Å². The number of rotatable bonds is 4. The standard InChI is InChI=1S/C14H18N2O2/c15-13(6-7-13)14(8-9-14)16(12(17)18)10-11-4-2-1-3-5-11/h1-5H,6-10,15H2,(H,17,18). The number of hydrogen-bond acceptors (Lipinski definition) is 2. The Morgan fingerprint density at radius 1 is 1.22 bits per heavy atom. The highest BCUT2D eigenvalue weighted by atomic mass is 16.4. The molecule has 3 rings (SSSR count). The van der Waals surface area contributed by atoms with Crippen LogP contribution in [-0.4, -0.2) is 27.2 Å². The maximum atomic E-state index is 11.5. The van der Waals surface area contributed by atoms with Gasteiger partial charge in [-0.3, -0.25) is 4.90 Å². The highest BCUT2D eigenvalue weighted by Gasteiger charge is 2.67. The number of nitrogens with zero attached hydrogens (tertiary/aromatic N) is 1. The summed E-state index contributed by atoms with van der Waals surface area (Å²) in [6.45, 7) is 0.440. The summed E-state index contributed by atoms with van der Waals surface area (Å²) in [7, 11) is 0. The molecule has 0 atom stereocenters. The van der Waals surface area contributed by atoms with Crippen LogP contribution in [0.3, 0.4) is 0 Å². The summed E-state index contributed by atoms with van der Waals surface area (Å²) in [5.41, 5.74) is 6.74. The third kappa shape index (κ3) is 1.68. The minimum Gasteiger partial charge on any atom is -0.465 e. The third-order valence-electron chi connectivity index (χ3n) is 4.37. The lowest BCUT2D eigenvalue weighted by Gasteiger charge is -2.34. The second kappa shape index (κ2) is 3.72. The highest BCUT2D eigenvalue weighted by molar-refractivity contribution is 5.68. The molecule has 0 radical (unpaired) electrons. The molecule has 2 fully saturated rings. The average Bonchev–Trinajstić information content (AvgIpc) is 3.23. The summed E-state index contributed by atoms with van der Waals surface area (Å²) < 4.78 is 0. The predicted octanol–water partition coefficient (Wildman–Crippen LogP) is 2.19. The van der Waals surface area contributed by atoms with Crippen LogP contribution in [0.5, 0.6) is 0 Å². The topological polar surface area (TPSA) is 66.6 Å². The zero-order valence-corrected chi connectivity index (χ0v) is 10.3. The van der Waals surface area contributed by atoms with Crippen molar-refractivity contribution in [2.45, 2.75) is 43.3 Å². The molecule has 0 heterocycles. The molecule has 0 aromatic heterocycles. The van der Waals surface area contributed by atoms with Crippen LogP contribution in [0.25, 0.3) is 0 Å². The van der Waals surface area contributed by atoms with E-state index in [0.717, 1.165) is 31.2 Å². The van der Waals surface area contributed by atoms with Gasteiger partial charge in [-0.05, 0) is 31.2 Å². The second-order valence-electron chi connectivity index (χ2n) is 5.54. The zero-order valence-electron chi connectivity index (χ0n) is 10.3. The lowest BCUT2D eigenvalue weighted by Crippen LogP contribution is -2.53. The molecule has 1 aromatic rings. The van der Waals surface area contributed by atoms with E-state index in [2.05, 4.69) is 0 Å². The zero-order chi connectivity index (χ0) is 12.8. The van der Waals surface area contributed by atoms with Crippen molar-refractivity contribution in [1.29, 1.82) is 0 Å². The van der Waals surface area contributed by atoms with Crippen molar-refractivity contribution in [2.24, 2.45) is 5.73 Å². The monoisotopic (exact) mass is 246 g/mol. The van der Waals surface area contributed by atoms with E-state index in [4.69, 9.17) is 5.73 Å². The highest BCUT2D eigenvalue weighted by Crippen LogP contribution is 2.59. The van der Waals surface area contributed by atoms with Crippen molar-refractivity contribution in [3.63, 3.8) is 0 Å². The predicted molar refractivity (Wildman–Crippen MR) is 68.1 cm³/mol. The molecule has 4 nitrogen and oxygen atoms in total. The summed E-state index contributed by atoms with van der Waals surface area (Å²) >= 11 is 0. The molecule has 18 heavy (non-hydrogen) atoms. The first-order chi connectivity index (χ1) is 8.57.